The van der Waals surface area contributed by atoms with Gasteiger partial charge in [-0.1, -0.05) is 17.8 Å². The number of anilines is 1. The van der Waals surface area contributed by atoms with E-state index in [1.807, 2.05) is 24.6 Å². The number of halogens is 1. The van der Waals surface area contributed by atoms with Crippen LogP contribution in [0.25, 0.3) is 11.2 Å². The molecular formula is C20H24FN5O3S. The van der Waals surface area contributed by atoms with Crippen LogP contribution in [0, 0.1) is 5.82 Å². The summed E-state index contributed by atoms with van der Waals surface area (Å²) >= 11 is 1.45. The van der Waals surface area contributed by atoms with Crippen molar-refractivity contribution in [1.29, 1.82) is 0 Å². The molecule has 8 nitrogen and oxygen atoms in total. The van der Waals surface area contributed by atoms with Crippen molar-refractivity contribution in [3.8, 4) is 5.75 Å². The van der Waals surface area contributed by atoms with Crippen LogP contribution in [-0.4, -0.2) is 59.2 Å². The number of hydrogen-bond acceptors (Lipinski definition) is 8. The second kappa shape index (κ2) is 9.15. The normalized spacial score (nSPS) is 16.9. The molecule has 3 aromatic rings. The predicted molar refractivity (Wildman–Crippen MR) is 112 cm³/mol. The van der Waals surface area contributed by atoms with Crippen LogP contribution in [0.5, 0.6) is 5.75 Å². The highest BCUT2D eigenvalue weighted by Crippen LogP contribution is 2.29. The molecule has 2 aromatic heterocycles. The Labute approximate surface area is 178 Å². The highest BCUT2D eigenvalue weighted by molar-refractivity contribution is 7.98. The van der Waals surface area contributed by atoms with Crippen LogP contribution in [0.3, 0.4) is 0 Å². The molecule has 1 unspecified atom stereocenters. The summed E-state index contributed by atoms with van der Waals surface area (Å²) in [6.07, 6.45) is 1.44. The average Bonchev–Trinajstić information content (AvgIpc) is 3.13. The van der Waals surface area contributed by atoms with E-state index in [2.05, 4.69) is 14.9 Å². The van der Waals surface area contributed by atoms with Crippen LogP contribution < -0.4 is 9.64 Å². The third kappa shape index (κ3) is 4.35. The Bertz CT molecular complexity index is 1030. The summed E-state index contributed by atoms with van der Waals surface area (Å²) in [6.45, 7) is 4.35. The van der Waals surface area contributed by atoms with Crippen molar-refractivity contribution in [2.24, 2.45) is 7.05 Å². The lowest BCUT2D eigenvalue weighted by atomic mass is 10.2. The molecule has 1 aromatic carbocycles. The Balaban J connectivity index is 1.59. The number of aryl methyl sites for hydroxylation is 1. The molecule has 0 N–H and O–H groups in total. The van der Waals surface area contributed by atoms with Gasteiger partial charge in [0, 0.05) is 26.0 Å². The SMILES string of the molecule is CCOC1CN(c2nc(SCc3ccc(OC)c(F)c3)nc3c2ncn3C)CCO1. The molecule has 1 saturated heterocycles. The molecule has 160 valence electrons. The summed E-state index contributed by atoms with van der Waals surface area (Å²) in [7, 11) is 3.36. The lowest BCUT2D eigenvalue weighted by molar-refractivity contribution is -0.143. The van der Waals surface area contributed by atoms with E-state index in [-0.39, 0.29) is 17.9 Å². The van der Waals surface area contributed by atoms with Crippen LogP contribution in [0.2, 0.25) is 0 Å². The summed E-state index contributed by atoms with van der Waals surface area (Å²) in [4.78, 5) is 16.1. The molecule has 0 radical (unpaired) electrons. The van der Waals surface area contributed by atoms with E-state index in [4.69, 9.17) is 19.2 Å². The van der Waals surface area contributed by atoms with Gasteiger partial charge in [0.05, 0.1) is 26.6 Å². The topological polar surface area (TPSA) is 74.5 Å². The van der Waals surface area contributed by atoms with Gasteiger partial charge in [-0.25, -0.2) is 19.3 Å². The summed E-state index contributed by atoms with van der Waals surface area (Å²) in [6, 6.07) is 4.94. The van der Waals surface area contributed by atoms with Crippen molar-refractivity contribution in [2.75, 3.05) is 38.3 Å². The van der Waals surface area contributed by atoms with E-state index in [9.17, 15) is 4.39 Å². The first-order chi connectivity index (χ1) is 14.6. The van der Waals surface area contributed by atoms with E-state index < -0.39 is 0 Å². The van der Waals surface area contributed by atoms with Crippen LogP contribution in [0.1, 0.15) is 12.5 Å². The van der Waals surface area contributed by atoms with E-state index in [0.29, 0.717) is 37.2 Å². The molecule has 10 heteroatoms. The second-order valence-corrected chi connectivity index (χ2v) is 7.76. The molecule has 1 aliphatic rings. The van der Waals surface area contributed by atoms with Crippen LogP contribution >= 0.6 is 11.8 Å². The molecule has 0 amide bonds. The molecule has 0 aliphatic carbocycles. The number of morpholine rings is 1. The fourth-order valence-corrected chi connectivity index (χ4v) is 4.08. The zero-order chi connectivity index (χ0) is 21.1. The minimum absolute atomic E-state index is 0.231. The lowest BCUT2D eigenvalue weighted by Gasteiger charge is -2.33. The monoisotopic (exact) mass is 433 g/mol. The van der Waals surface area contributed by atoms with Gasteiger partial charge in [0.1, 0.15) is 0 Å². The molecule has 3 heterocycles. The quantitative estimate of drug-likeness (QED) is 0.416. The fraction of sp³-hybridized carbons (Fsp3) is 0.450. The van der Waals surface area contributed by atoms with Crippen molar-refractivity contribution in [2.45, 2.75) is 24.1 Å². The molecule has 4 rings (SSSR count). The molecule has 1 aliphatic heterocycles. The van der Waals surface area contributed by atoms with Crippen LogP contribution in [-0.2, 0) is 22.3 Å². The predicted octanol–water partition coefficient (Wildman–Crippen LogP) is 3.00. The number of rotatable bonds is 7. The van der Waals surface area contributed by atoms with Crippen molar-refractivity contribution in [1.82, 2.24) is 19.5 Å². The molecular weight excluding hydrogens is 409 g/mol. The number of hydrogen-bond donors (Lipinski definition) is 0. The van der Waals surface area contributed by atoms with Gasteiger partial charge in [0.15, 0.2) is 40.0 Å². The number of fused-ring (bicyclic) bond motifs is 1. The Morgan fingerprint density at radius 3 is 2.97 bits per heavy atom. The first-order valence-corrected chi connectivity index (χ1v) is 10.7. The average molecular weight is 434 g/mol. The van der Waals surface area contributed by atoms with Crippen LogP contribution in [0.15, 0.2) is 29.7 Å². The number of thioether (sulfide) groups is 1. The first-order valence-electron chi connectivity index (χ1n) is 9.71. The Morgan fingerprint density at radius 1 is 1.33 bits per heavy atom. The van der Waals surface area contributed by atoms with Gasteiger partial charge in [-0.2, -0.15) is 0 Å². The minimum atomic E-state index is -0.380. The molecule has 1 fully saturated rings. The third-order valence-corrected chi connectivity index (χ3v) is 5.71. The van der Waals surface area contributed by atoms with E-state index in [1.165, 1.54) is 24.9 Å². The number of aromatic nitrogens is 4. The molecule has 0 saturated carbocycles. The van der Waals surface area contributed by atoms with Gasteiger partial charge in [0.2, 0.25) is 0 Å². The van der Waals surface area contributed by atoms with Crippen LogP contribution in [0.4, 0.5) is 10.2 Å². The van der Waals surface area contributed by atoms with Gasteiger partial charge < -0.3 is 23.7 Å². The highest BCUT2D eigenvalue weighted by atomic mass is 32.2. The van der Waals surface area contributed by atoms with Crippen molar-refractivity contribution >= 4 is 28.7 Å². The highest BCUT2D eigenvalue weighted by Gasteiger charge is 2.25. The summed E-state index contributed by atoms with van der Waals surface area (Å²) < 4.78 is 32.2. The van der Waals surface area contributed by atoms with Gasteiger partial charge in [-0.05, 0) is 24.6 Å². The zero-order valence-corrected chi connectivity index (χ0v) is 18.0. The zero-order valence-electron chi connectivity index (χ0n) is 17.2. The Hall–Kier alpha value is -2.43. The third-order valence-electron chi connectivity index (χ3n) is 4.79. The molecule has 30 heavy (non-hydrogen) atoms. The van der Waals surface area contributed by atoms with Crippen molar-refractivity contribution < 1.29 is 18.6 Å². The van der Waals surface area contributed by atoms with E-state index >= 15 is 0 Å². The maximum Gasteiger partial charge on any atom is 0.191 e. The van der Waals surface area contributed by atoms with Gasteiger partial charge in [-0.15, -0.1) is 0 Å². The van der Waals surface area contributed by atoms with E-state index in [0.717, 1.165) is 22.5 Å². The minimum Gasteiger partial charge on any atom is -0.494 e. The first kappa shape index (κ1) is 20.8. The molecule has 0 spiro atoms. The molecule has 0 bridgehead atoms. The molecule has 1 atom stereocenters. The summed E-state index contributed by atoms with van der Waals surface area (Å²) in [5.41, 5.74) is 2.33. The van der Waals surface area contributed by atoms with Crippen molar-refractivity contribution in [3.63, 3.8) is 0 Å². The Morgan fingerprint density at radius 2 is 2.20 bits per heavy atom. The van der Waals surface area contributed by atoms with Gasteiger partial charge >= 0.3 is 0 Å². The van der Waals surface area contributed by atoms with Crippen molar-refractivity contribution in [3.05, 3.63) is 35.9 Å². The number of imidazole rings is 1. The number of benzene rings is 1. The Kier molecular flexibility index (Phi) is 6.35. The fourth-order valence-electron chi connectivity index (χ4n) is 3.30. The smallest absolute Gasteiger partial charge is 0.191 e. The maximum absolute atomic E-state index is 14.0. The number of ether oxygens (including phenoxy) is 3. The van der Waals surface area contributed by atoms with Gasteiger partial charge in [0.25, 0.3) is 0 Å². The second-order valence-electron chi connectivity index (χ2n) is 6.82. The lowest BCUT2D eigenvalue weighted by Crippen LogP contribution is -2.44. The van der Waals surface area contributed by atoms with E-state index in [1.54, 1.807) is 12.4 Å². The summed E-state index contributed by atoms with van der Waals surface area (Å²) in [5.74, 6) is 1.15. The largest absolute Gasteiger partial charge is 0.494 e. The van der Waals surface area contributed by atoms with Gasteiger partial charge in [-0.3, -0.25) is 0 Å². The maximum atomic E-state index is 14.0. The standard InChI is InChI=1S/C20H24FN5O3S/c1-4-28-16-10-26(7-8-29-16)19-17-18(25(2)12-22-17)23-20(24-19)30-11-13-5-6-15(27-3)14(21)9-13/h5-6,9,12,16H,4,7-8,10-11H2,1-3H3. The summed E-state index contributed by atoms with van der Waals surface area (Å²) in [5, 5.41) is 0.608. The number of nitrogens with zero attached hydrogens (tertiary/aromatic N) is 5. The number of methoxy groups -OCH3 is 1.